The Kier molecular flexibility index (Phi) is 9.27. The molecular formula is C20H32N6O2. The number of aryl methyl sites for hydroxylation is 1. The van der Waals surface area contributed by atoms with Crippen molar-refractivity contribution in [2.45, 2.75) is 52.4 Å². The van der Waals surface area contributed by atoms with E-state index in [1.54, 1.807) is 12.7 Å². The quantitative estimate of drug-likeness (QED) is 0.310. The number of benzene rings is 1. The summed E-state index contributed by atoms with van der Waals surface area (Å²) in [4.78, 5) is 4.51. The van der Waals surface area contributed by atoms with E-state index in [-0.39, 0.29) is 12.6 Å². The molecule has 1 aromatic carbocycles. The van der Waals surface area contributed by atoms with Crippen molar-refractivity contribution in [3.63, 3.8) is 0 Å². The van der Waals surface area contributed by atoms with Crippen molar-refractivity contribution in [1.29, 1.82) is 0 Å². The number of nitrogens with zero attached hydrogens (tertiary/aromatic N) is 4. The number of unbranched alkanes of at least 4 members (excludes halogenated alkanes) is 1. The second-order valence-corrected chi connectivity index (χ2v) is 6.81. The van der Waals surface area contributed by atoms with Crippen LogP contribution < -0.4 is 15.4 Å². The highest BCUT2D eigenvalue weighted by atomic mass is 16.5. The number of aliphatic imine (C=N–C) groups is 1. The van der Waals surface area contributed by atoms with Gasteiger partial charge in [-0.1, -0.05) is 12.1 Å². The molecule has 2 rings (SSSR count). The third-order valence-electron chi connectivity index (χ3n) is 3.98. The van der Waals surface area contributed by atoms with Gasteiger partial charge in [-0.2, -0.15) is 0 Å². The van der Waals surface area contributed by atoms with E-state index < -0.39 is 6.10 Å². The Morgan fingerprint density at radius 1 is 1.21 bits per heavy atom. The van der Waals surface area contributed by atoms with Gasteiger partial charge in [0.2, 0.25) is 0 Å². The molecular weight excluding hydrogens is 356 g/mol. The standard InChI is InChI=1S/C20H32N6O2/c1-4-21-20(22-10-5-6-11-26-14-24-25-15-26)23-13-19(27)17-8-7-9-18(12-17)28-16(2)3/h7-9,12,14-16,19,27H,4-6,10-11,13H2,1-3H3,(H2,21,22,23). The molecule has 3 N–H and O–H groups in total. The van der Waals surface area contributed by atoms with Gasteiger partial charge in [0, 0.05) is 19.6 Å². The largest absolute Gasteiger partial charge is 0.491 e. The number of guanidine groups is 1. The number of aliphatic hydroxyl groups is 1. The molecule has 0 aliphatic heterocycles. The van der Waals surface area contributed by atoms with Crippen molar-refractivity contribution in [3.8, 4) is 5.75 Å². The van der Waals surface area contributed by atoms with E-state index in [9.17, 15) is 5.11 Å². The molecule has 1 atom stereocenters. The second kappa shape index (κ2) is 12.0. The predicted molar refractivity (Wildman–Crippen MR) is 110 cm³/mol. The van der Waals surface area contributed by atoms with E-state index in [2.05, 4.69) is 25.8 Å². The van der Waals surface area contributed by atoms with Gasteiger partial charge in [-0.05, 0) is 51.3 Å². The highest BCUT2D eigenvalue weighted by Crippen LogP contribution is 2.20. The van der Waals surface area contributed by atoms with Crippen molar-refractivity contribution in [3.05, 3.63) is 42.5 Å². The number of aromatic nitrogens is 3. The number of ether oxygens (including phenoxy) is 1. The monoisotopic (exact) mass is 388 g/mol. The van der Waals surface area contributed by atoms with Crippen LogP contribution in [0.25, 0.3) is 0 Å². The maximum atomic E-state index is 10.5. The number of aliphatic hydroxyl groups excluding tert-OH is 1. The summed E-state index contributed by atoms with van der Waals surface area (Å²) in [7, 11) is 0. The molecule has 0 aliphatic rings. The Hall–Kier alpha value is -2.61. The Labute approximate surface area is 167 Å². The van der Waals surface area contributed by atoms with Gasteiger partial charge in [0.1, 0.15) is 18.4 Å². The fourth-order valence-corrected chi connectivity index (χ4v) is 2.66. The van der Waals surface area contributed by atoms with Gasteiger partial charge in [-0.3, -0.25) is 4.99 Å². The average molecular weight is 389 g/mol. The smallest absolute Gasteiger partial charge is 0.191 e. The SMILES string of the molecule is CCNC(=NCC(O)c1cccc(OC(C)C)c1)NCCCCn1cnnc1. The predicted octanol–water partition coefficient (Wildman–Crippen LogP) is 2.13. The topological polar surface area (TPSA) is 96.6 Å². The van der Waals surface area contributed by atoms with Crippen LogP contribution in [0.4, 0.5) is 0 Å². The van der Waals surface area contributed by atoms with E-state index in [1.807, 2.05) is 49.6 Å². The Morgan fingerprint density at radius 2 is 2.00 bits per heavy atom. The van der Waals surface area contributed by atoms with Crippen molar-refractivity contribution >= 4 is 5.96 Å². The average Bonchev–Trinajstić information content (AvgIpc) is 3.18. The molecule has 1 aromatic heterocycles. The molecule has 8 nitrogen and oxygen atoms in total. The summed E-state index contributed by atoms with van der Waals surface area (Å²) in [5, 5.41) is 24.6. The van der Waals surface area contributed by atoms with Gasteiger partial charge >= 0.3 is 0 Å². The lowest BCUT2D eigenvalue weighted by molar-refractivity contribution is 0.185. The first-order valence-corrected chi connectivity index (χ1v) is 9.87. The molecule has 1 heterocycles. The van der Waals surface area contributed by atoms with E-state index in [4.69, 9.17) is 4.74 Å². The molecule has 0 saturated carbocycles. The zero-order chi connectivity index (χ0) is 20.2. The van der Waals surface area contributed by atoms with Crippen molar-refractivity contribution in [2.24, 2.45) is 4.99 Å². The summed E-state index contributed by atoms with van der Waals surface area (Å²) in [6, 6.07) is 7.54. The zero-order valence-electron chi connectivity index (χ0n) is 17.0. The molecule has 0 spiro atoms. The molecule has 8 heteroatoms. The van der Waals surface area contributed by atoms with E-state index in [0.717, 1.165) is 43.8 Å². The summed E-state index contributed by atoms with van der Waals surface area (Å²) >= 11 is 0. The molecule has 0 aliphatic carbocycles. The molecule has 0 radical (unpaired) electrons. The first-order chi connectivity index (χ1) is 13.6. The number of nitrogens with one attached hydrogen (secondary N) is 2. The van der Waals surface area contributed by atoms with Crippen LogP contribution in [0.3, 0.4) is 0 Å². The molecule has 154 valence electrons. The van der Waals surface area contributed by atoms with Crippen LogP contribution in [0, 0.1) is 0 Å². The minimum absolute atomic E-state index is 0.0972. The number of hydrogen-bond acceptors (Lipinski definition) is 5. The van der Waals surface area contributed by atoms with Crippen molar-refractivity contribution in [2.75, 3.05) is 19.6 Å². The van der Waals surface area contributed by atoms with Gasteiger partial charge in [0.25, 0.3) is 0 Å². The van der Waals surface area contributed by atoms with E-state index >= 15 is 0 Å². The van der Waals surface area contributed by atoms with E-state index in [0.29, 0.717) is 5.96 Å². The van der Waals surface area contributed by atoms with Gasteiger partial charge in [-0.25, -0.2) is 0 Å². The third-order valence-corrected chi connectivity index (χ3v) is 3.98. The Morgan fingerprint density at radius 3 is 2.71 bits per heavy atom. The molecule has 0 amide bonds. The van der Waals surface area contributed by atoms with Gasteiger partial charge in [0.05, 0.1) is 18.8 Å². The maximum absolute atomic E-state index is 10.5. The van der Waals surface area contributed by atoms with Gasteiger partial charge in [0.15, 0.2) is 5.96 Å². The van der Waals surface area contributed by atoms with Crippen LogP contribution in [0.2, 0.25) is 0 Å². The number of hydrogen-bond donors (Lipinski definition) is 3. The van der Waals surface area contributed by atoms with Gasteiger partial charge < -0.3 is 25.0 Å². The second-order valence-electron chi connectivity index (χ2n) is 6.81. The highest BCUT2D eigenvalue weighted by molar-refractivity contribution is 5.79. The third kappa shape index (κ3) is 7.96. The van der Waals surface area contributed by atoms with Crippen LogP contribution in [0.5, 0.6) is 5.75 Å². The number of rotatable bonds is 11. The zero-order valence-corrected chi connectivity index (χ0v) is 17.0. The van der Waals surface area contributed by atoms with Crippen LogP contribution >= 0.6 is 0 Å². The molecule has 0 saturated heterocycles. The fraction of sp³-hybridized carbons (Fsp3) is 0.550. The summed E-state index contributed by atoms with van der Waals surface area (Å²) in [6.45, 7) is 8.73. The van der Waals surface area contributed by atoms with Crippen molar-refractivity contribution < 1.29 is 9.84 Å². The normalized spacial score (nSPS) is 12.8. The summed E-state index contributed by atoms with van der Waals surface area (Å²) in [6.07, 6.45) is 4.89. The Bertz CT molecular complexity index is 702. The summed E-state index contributed by atoms with van der Waals surface area (Å²) < 4.78 is 7.66. The molecule has 0 fully saturated rings. The molecule has 0 bridgehead atoms. The lowest BCUT2D eigenvalue weighted by Gasteiger charge is -2.15. The summed E-state index contributed by atoms with van der Waals surface area (Å²) in [5.41, 5.74) is 0.798. The van der Waals surface area contributed by atoms with E-state index in [1.165, 1.54) is 0 Å². The minimum atomic E-state index is -0.681. The van der Waals surface area contributed by atoms with Crippen LogP contribution in [0.1, 0.15) is 45.3 Å². The first-order valence-electron chi connectivity index (χ1n) is 9.87. The molecule has 1 unspecified atom stereocenters. The van der Waals surface area contributed by atoms with Crippen LogP contribution in [0.15, 0.2) is 41.9 Å². The maximum Gasteiger partial charge on any atom is 0.191 e. The fourth-order valence-electron chi connectivity index (χ4n) is 2.66. The molecule has 2 aromatic rings. The van der Waals surface area contributed by atoms with Crippen LogP contribution in [-0.2, 0) is 6.54 Å². The highest BCUT2D eigenvalue weighted by Gasteiger charge is 2.09. The molecule has 28 heavy (non-hydrogen) atoms. The lowest BCUT2D eigenvalue weighted by Crippen LogP contribution is -2.38. The first kappa shape index (κ1) is 21.7. The van der Waals surface area contributed by atoms with Crippen molar-refractivity contribution in [1.82, 2.24) is 25.4 Å². The van der Waals surface area contributed by atoms with Crippen LogP contribution in [-0.4, -0.2) is 51.6 Å². The lowest BCUT2D eigenvalue weighted by atomic mass is 10.1. The summed E-state index contributed by atoms with van der Waals surface area (Å²) in [5.74, 6) is 1.47. The van der Waals surface area contributed by atoms with Gasteiger partial charge in [-0.15, -0.1) is 10.2 Å². The minimum Gasteiger partial charge on any atom is -0.491 e. The Balaban J connectivity index is 1.80.